The maximum Gasteiger partial charge on any atom is 0.223 e. The molecule has 1 aromatic carbocycles. The minimum absolute atomic E-state index is 0.0612. The molecule has 6 heteroatoms. The lowest BCUT2D eigenvalue weighted by molar-refractivity contribution is -0.134. The van der Waals surface area contributed by atoms with Crippen molar-refractivity contribution in [3.05, 3.63) is 36.4 Å². The molecular weight excluding hydrogens is 344 g/mol. The van der Waals surface area contributed by atoms with E-state index in [9.17, 15) is 4.79 Å². The van der Waals surface area contributed by atoms with Gasteiger partial charge in [-0.05, 0) is 23.6 Å². The van der Waals surface area contributed by atoms with E-state index >= 15 is 0 Å². The van der Waals surface area contributed by atoms with Gasteiger partial charge in [-0.2, -0.15) is 0 Å². The Labute approximate surface area is 161 Å². The normalized spacial score (nSPS) is 16.3. The van der Waals surface area contributed by atoms with Crippen LogP contribution in [-0.2, 0) is 9.63 Å². The van der Waals surface area contributed by atoms with Crippen LogP contribution in [-0.4, -0.2) is 49.9 Å². The standard InChI is InChI=1S/C21H30N2O4/c1-7-10-23(20(24)13-21(2,3)4)14-16-12-17(22-27-16)15-8-9-18(25-5)19(11-15)26-6/h7-9,11,16H,1,10,12-14H2,2-6H3. The molecule has 0 spiro atoms. The van der Waals surface area contributed by atoms with Gasteiger partial charge in [-0.1, -0.05) is 32.0 Å². The van der Waals surface area contributed by atoms with Crippen molar-refractivity contribution < 1.29 is 19.1 Å². The first-order valence-corrected chi connectivity index (χ1v) is 9.11. The summed E-state index contributed by atoms with van der Waals surface area (Å²) in [5.41, 5.74) is 1.70. The van der Waals surface area contributed by atoms with Crippen molar-refractivity contribution in [3.63, 3.8) is 0 Å². The van der Waals surface area contributed by atoms with Crippen LogP contribution < -0.4 is 9.47 Å². The maximum atomic E-state index is 12.6. The van der Waals surface area contributed by atoms with Gasteiger partial charge in [0.05, 0.1) is 26.5 Å². The number of amides is 1. The molecule has 0 saturated heterocycles. The van der Waals surface area contributed by atoms with Gasteiger partial charge in [0.1, 0.15) is 0 Å². The van der Waals surface area contributed by atoms with Gasteiger partial charge in [-0.3, -0.25) is 4.79 Å². The van der Waals surface area contributed by atoms with Gasteiger partial charge in [-0.25, -0.2) is 0 Å². The van der Waals surface area contributed by atoms with Gasteiger partial charge < -0.3 is 19.2 Å². The number of methoxy groups -OCH3 is 2. The van der Waals surface area contributed by atoms with E-state index in [0.29, 0.717) is 37.4 Å². The molecule has 148 valence electrons. The second kappa shape index (κ2) is 8.93. The van der Waals surface area contributed by atoms with Gasteiger partial charge in [0.2, 0.25) is 5.91 Å². The Bertz CT molecular complexity index is 707. The summed E-state index contributed by atoms with van der Waals surface area (Å²) in [5.74, 6) is 1.42. The first-order valence-electron chi connectivity index (χ1n) is 9.11. The van der Waals surface area contributed by atoms with Crippen LogP contribution in [0.25, 0.3) is 0 Å². The van der Waals surface area contributed by atoms with Crippen LogP contribution in [0.2, 0.25) is 0 Å². The van der Waals surface area contributed by atoms with E-state index in [1.54, 1.807) is 25.2 Å². The predicted molar refractivity (Wildman–Crippen MR) is 106 cm³/mol. The Morgan fingerprint density at radius 2 is 2.04 bits per heavy atom. The second-order valence-corrected chi connectivity index (χ2v) is 7.86. The minimum Gasteiger partial charge on any atom is -0.493 e. The molecule has 1 amide bonds. The van der Waals surface area contributed by atoms with E-state index in [2.05, 4.69) is 32.5 Å². The Morgan fingerprint density at radius 1 is 1.33 bits per heavy atom. The maximum absolute atomic E-state index is 12.6. The number of hydrogen-bond donors (Lipinski definition) is 0. The van der Waals surface area contributed by atoms with Crippen molar-refractivity contribution in [2.24, 2.45) is 10.6 Å². The lowest BCUT2D eigenvalue weighted by Crippen LogP contribution is -2.39. The Hall–Kier alpha value is -2.50. The van der Waals surface area contributed by atoms with Crippen LogP contribution in [0.1, 0.15) is 39.2 Å². The van der Waals surface area contributed by atoms with Crippen LogP contribution in [0.3, 0.4) is 0 Å². The molecule has 6 nitrogen and oxygen atoms in total. The molecule has 0 N–H and O–H groups in total. The zero-order chi connectivity index (χ0) is 20.0. The molecule has 27 heavy (non-hydrogen) atoms. The summed E-state index contributed by atoms with van der Waals surface area (Å²) in [7, 11) is 3.21. The van der Waals surface area contributed by atoms with Crippen molar-refractivity contribution in [2.45, 2.75) is 39.7 Å². The molecule has 1 aliphatic rings. The van der Waals surface area contributed by atoms with Crippen LogP contribution in [0.15, 0.2) is 36.0 Å². The molecule has 0 aromatic heterocycles. The summed E-state index contributed by atoms with van der Waals surface area (Å²) in [6, 6.07) is 5.66. The third-order valence-corrected chi connectivity index (χ3v) is 4.26. The number of hydrogen-bond acceptors (Lipinski definition) is 5. The van der Waals surface area contributed by atoms with Crippen LogP contribution >= 0.6 is 0 Å². The van der Waals surface area contributed by atoms with Gasteiger partial charge in [0, 0.05) is 24.9 Å². The summed E-state index contributed by atoms with van der Waals surface area (Å²) in [5, 5.41) is 4.22. The van der Waals surface area contributed by atoms with E-state index in [0.717, 1.165) is 11.3 Å². The molecule has 1 aromatic rings. The minimum atomic E-state index is -0.169. The molecule has 2 rings (SSSR count). The van der Waals surface area contributed by atoms with E-state index in [4.69, 9.17) is 14.3 Å². The highest BCUT2D eigenvalue weighted by molar-refractivity contribution is 6.01. The lowest BCUT2D eigenvalue weighted by atomic mass is 9.91. The predicted octanol–water partition coefficient (Wildman–Crippen LogP) is 3.65. The average Bonchev–Trinajstić information content (AvgIpc) is 3.08. The topological polar surface area (TPSA) is 60.4 Å². The fourth-order valence-electron chi connectivity index (χ4n) is 2.96. The largest absolute Gasteiger partial charge is 0.493 e. The summed E-state index contributed by atoms with van der Waals surface area (Å²) in [6.07, 6.45) is 2.69. The first-order chi connectivity index (χ1) is 12.8. The van der Waals surface area contributed by atoms with E-state index in [-0.39, 0.29) is 17.4 Å². The Kier molecular flexibility index (Phi) is 6.88. The fraction of sp³-hybridized carbons (Fsp3) is 0.524. The highest BCUT2D eigenvalue weighted by Crippen LogP contribution is 2.29. The number of benzene rings is 1. The number of oxime groups is 1. The van der Waals surface area contributed by atoms with Crippen LogP contribution in [0.4, 0.5) is 0 Å². The number of carbonyl (C=O) groups excluding carboxylic acids is 1. The van der Waals surface area contributed by atoms with Crippen molar-refractivity contribution in [2.75, 3.05) is 27.3 Å². The van der Waals surface area contributed by atoms with E-state index in [1.165, 1.54) is 0 Å². The lowest BCUT2D eigenvalue weighted by Gasteiger charge is -2.27. The molecule has 0 radical (unpaired) electrons. The smallest absolute Gasteiger partial charge is 0.223 e. The SMILES string of the molecule is C=CCN(CC1CC(c2ccc(OC)c(OC)c2)=NO1)C(=O)CC(C)(C)C. The summed E-state index contributed by atoms with van der Waals surface area (Å²) in [4.78, 5) is 20.0. The third-order valence-electron chi connectivity index (χ3n) is 4.26. The average molecular weight is 374 g/mol. The number of nitrogens with zero attached hydrogens (tertiary/aromatic N) is 2. The molecule has 0 saturated carbocycles. The van der Waals surface area contributed by atoms with Crippen molar-refractivity contribution in [1.29, 1.82) is 0 Å². The van der Waals surface area contributed by atoms with Gasteiger partial charge in [0.15, 0.2) is 17.6 Å². The first kappa shape index (κ1) is 20.8. The fourth-order valence-corrected chi connectivity index (χ4v) is 2.96. The van der Waals surface area contributed by atoms with Gasteiger partial charge in [-0.15, -0.1) is 6.58 Å². The molecule has 0 bridgehead atoms. The highest BCUT2D eigenvalue weighted by atomic mass is 16.6. The molecule has 1 unspecified atom stereocenters. The molecule has 1 aliphatic heterocycles. The van der Waals surface area contributed by atoms with Crippen LogP contribution in [0, 0.1) is 5.41 Å². The van der Waals surface area contributed by atoms with Crippen molar-refractivity contribution in [1.82, 2.24) is 4.90 Å². The quantitative estimate of drug-likeness (QED) is 0.652. The molecule has 0 aliphatic carbocycles. The van der Waals surface area contributed by atoms with Gasteiger partial charge >= 0.3 is 0 Å². The zero-order valence-corrected chi connectivity index (χ0v) is 16.9. The van der Waals surface area contributed by atoms with Gasteiger partial charge in [0.25, 0.3) is 0 Å². The monoisotopic (exact) mass is 374 g/mol. The van der Waals surface area contributed by atoms with Crippen molar-refractivity contribution in [3.8, 4) is 11.5 Å². The number of ether oxygens (including phenoxy) is 2. The number of rotatable bonds is 8. The summed E-state index contributed by atoms with van der Waals surface area (Å²) < 4.78 is 10.6. The van der Waals surface area contributed by atoms with Crippen molar-refractivity contribution >= 4 is 11.6 Å². The molecule has 1 heterocycles. The summed E-state index contributed by atoms with van der Waals surface area (Å²) >= 11 is 0. The van der Waals surface area contributed by atoms with Crippen LogP contribution in [0.5, 0.6) is 11.5 Å². The third kappa shape index (κ3) is 5.74. The molecule has 0 fully saturated rings. The summed E-state index contributed by atoms with van der Waals surface area (Å²) in [6.45, 7) is 10.9. The Balaban J connectivity index is 2.03. The molecular formula is C21H30N2O4. The highest BCUT2D eigenvalue weighted by Gasteiger charge is 2.28. The number of carbonyl (C=O) groups is 1. The van der Waals surface area contributed by atoms with E-state index < -0.39 is 0 Å². The Morgan fingerprint density at radius 3 is 2.63 bits per heavy atom. The second-order valence-electron chi connectivity index (χ2n) is 7.86. The zero-order valence-electron chi connectivity index (χ0n) is 16.9. The molecule has 1 atom stereocenters. The van der Waals surface area contributed by atoms with E-state index in [1.807, 2.05) is 18.2 Å².